The largest absolute Gasteiger partial charge is 0.496 e. The van der Waals surface area contributed by atoms with Crippen LogP contribution in [-0.4, -0.2) is 7.11 Å². The lowest BCUT2D eigenvalue weighted by Crippen LogP contribution is -1.99. The van der Waals surface area contributed by atoms with Gasteiger partial charge in [0.25, 0.3) is 0 Å². The van der Waals surface area contributed by atoms with Gasteiger partial charge in [0.1, 0.15) is 5.75 Å². The van der Waals surface area contributed by atoms with Gasteiger partial charge in [-0.1, -0.05) is 45.7 Å². The van der Waals surface area contributed by atoms with Gasteiger partial charge < -0.3 is 4.74 Å². The summed E-state index contributed by atoms with van der Waals surface area (Å²) < 4.78 is 6.31. The summed E-state index contributed by atoms with van der Waals surface area (Å²) in [5.74, 6) is 0.847. The van der Waals surface area contributed by atoms with Crippen LogP contribution in [0.5, 0.6) is 5.75 Å². The second kappa shape index (κ2) is 6.65. The highest BCUT2D eigenvalue weighted by molar-refractivity contribution is 9.10. The number of benzene rings is 2. The van der Waals surface area contributed by atoms with E-state index in [1.807, 2.05) is 42.5 Å². The first kappa shape index (κ1) is 14.7. The highest BCUT2D eigenvalue weighted by Crippen LogP contribution is 2.34. The van der Waals surface area contributed by atoms with Crippen molar-refractivity contribution in [2.24, 2.45) is 0 Å². The van der Waals surface area contributed by atoms with Gasteiger partial charge >= 0.3 is 0 Å². The molecule has 0 saturated carbocycles. The van der Waals surface area contributed by atoms with E-state index in [9.17, 15) is 0 Å². The van der Waals surface area contributed by atoms with E-state index in [0.29, 0.717) is 11.4 Å². The minimum absolute atomic E-state index is 0.193. The molecule has 19 heavy (non-hydrogen) atoms. The Labute approximate surface area is 131 Å². The van der Waals surface area contributed by atoms with Crippen LogP contribution in [-0.2, 0) is 6.42 Å². The lowest BCUT2D eigenvalue weighted by molar-refractivity contribution is 0.409. The Morgan fingerprint density at radius 2 is 1.95 bits per heavy atom. The van der Waals surface area contributed by atoms with Crippen molar-refractivity contribution in [3.05, 3.63) is 63.1 Å². The first-order chi connectivity index (χ1) is 9.11. The number of rotatable bonds is 4. The topological polar surface area (TPSA) is 9.23 Å². The monoisotopic (exact) mass is 358 g/mol. The Hall–Kier alpha value is -0.700. The van der Waals surface area contributed by atoms with Crippen LogP contribution in [0.1, 0.15) is 16.5 Å². The maximum absolute atomic E-state index is 6.49. The van der Waals surface area contributed by atoms with Crippen LogP contribution in [0.2, 0.25) is 5.02 Å². The van der Waals surface area contributed by atoms with Gasteiger partial charge in [-0.15, -0.1) is 11.6 Å². The Balaban J connectivity index is 2.25. The van der Waals surface area contributed by atoms with E-state index >= 15 is 0 Å². The Kier molecular flexibility index (Phi) is 5.14. The molecule has 2 aromatic carbocycles. The molecule has 0 aliphatic rings. The van der Waals surface area contributed by atoms with Crippen LogP contribution < -0.4 is 4.74 Å². The summed E-state index contributed by atoms with van der Waals surface area (Å²) in [6.45, 7) is 0. The molecule has 0 bridgehead atoms. The third-order valence-corrected chi connectivity index (χ3v) is 4.11. The fourth-order valence-corrected chi connectivity index (χ4v) is 2.96. The molecule has 0 aliphatic carbocycles. The molecule has 0 spiro atoms. The summed E-state index contributed by atoms with van der Waals surface area (Å²) in [6.07, 6.45) is 0.668. The zero-order valence-corrected chi connectivity index (χ0v) is 13.5. The second-order valence-electron chi connectivity index (χ2n) is 4.15. The van der Waals surface area contributed by atoms with Crippen LogP contribution in [0.3, 0.4) is 0 Å². The first-order valence-corrected chi connectivity index (χ1v) is 7.43. The normalized spacial score (nSPS) is 12.2. The predicted octanol–water partition coefficient (Wildman–Crippen LogP) is 5.63. The van der Waals surface area contributed by atoms with Crippen LogP contribution in [0.15, 0.2) is 46.9 Å². The highest BCUT2D eigenvalue weighted by atomic mass is 79.9. The molecule has 0 radical (unpaired) electrons. The van der Waals surface area contributed by atoms with Gasteiger partial charge in [0.15, 0.2) is 0 Å². The zero-order chi connectivity index (χ0) is 13.8. The molecular weight excluding hydrogens is 347 g/mol. The minimum atomic E-state index is -0.193. The standard InChI is InChI=1S/C15H13BrCl2O/c1-19-15-5-3-2-4-10(15)8-14(18)12-9-11(16)6-7-13(12)17/h2-7,9,14H,8H2,1H3. The lowest BCUT2D eigenvalue weighted by atomic mass is 10.0. The average Bonchev–Trinajstić information content (AvgIpc) is 2.42. The molecule has 0 aromatic heterocycles. The zero-order valence-electron chi connectivity index (χ0n) is 10.4. The van der Waals surface area contributed by atoms with Crippen molar-refractivity contribution in [3.63, 3.8) is 0 Å². The third-order valence-electron chi connectivity index (χ3n) is 2.89. The Morgan fingerprint density at radius 3 is 2.68 bits per heavy atom. The van der Waals surface area contributed by atoms with Crippen molar-refractivity contribution in [1.82, 2.24) is 0 Å². The van der Waals surface area contributed by atoms with Crippen molar-refractivity contribution in [3.8, 4) is 5.75 Å². The van der Waals surface area contributed by atoms with Crippen molar-refractivity contribution < 1.29 is 4.74 Å². The maximum atomic E-state index is 6.49. The molecule has 0 N–H and O–H groups in total. The van der Waals surface area contributed by atoms with Crippen molar-refractivity contribution in [2.75, 3.05) is 7.11 Å². The summed E-state index contributed by atoms with van der Waals surface area (Å²) in [4.78, 5) is 0. The quantitative estimate of drug-likeness (QED) is 0.642. The fourth-order valence-electron chi connectivity index (χ4n) is 1.93. The molecule has 0 saturated heterocycles. The van der Waals surface area contributed by atoms with Gasteiger partial charge in [-0.2, -0.15) is 0 Å². The number of halogens is 3. The third kappa shape index (κ3) is 3.65. The number of alkyl halides is 1. The summed E-state index contributed by atoms with van der Waals surface area (Å²) >= 11 is 16.1. The van der Waals surface area contributed by atoms with Gasteiger partial charge in [-0.25, -0.2) is 0 Å². The average molecular weight is 360 g/mol. The molecule has 0 heterocycles. The molecular formula is C15H13BrCl2O. The molecule has 1 unspecified atom stereocenters. The van der Waals surface area contributed by atoms with Gasteiger partial charge in [0.2, 0.25) is 0 Å². The molecule has 0 aliphatic heterocycles. The van der Waals surface area contributed by atoms with E-state index in [-0.39, 0.29) is 5.38 Å². The summed E-state index contributed by atoms with van der Waals surface area (Å²) in [5, 5.41) is 0.486. The van der Waals surface area contributed by atoms with Crippen LogP contribution in [0, 0.1) is 0 Å². The van der Waals surface area contributed by atoms with Gasteiger partial charge in [-0.3, -0.25) is 0 Å². The van der Waals surface area contributed by atoms with E-state index in [2.05, 4.69) is 15.9 Å². The molecule has 2 rings (SSSR count). The smallest absolute Gasteiger partial charge is 0.122 e. The van der Waals surface area contributed by atoms with Crippen molar-refractivity contribution in [1.29, 1.82) is 0 Å². The first-order valence-electron chi connectivity index (χ1n) is 5.82. The Bertz CT molecular complexity index is 572. The van der Waals surface area contributed by atoms with Gasteiger partial charge in [-0.05, 0) is 41.8 Å². The lowest BCUT2D eigenvalue weighted by Gasteiger charge is -2.14. The number of ether oxygens (including phenoxy) is 1. The van der Waals surface area contributed by atoms with E-state index in [1.165, 1.54) is 0 Å². The van der Waals surface area contributed by atoms with Crippen LogP contribution in [0.25, 0.3) is 0 Å². The highest BCUT2D eigenvalue weighted by Gasteiger charge is 2.15. The molecule has 0 fully saturated rings. The summed E-state index contributed by atoms with van der Waals surface area (Å²) in [5.41, 5.74) is 1.99. The van der Waals surface area contributed by atoms with Crippen LogP contribution in [0.4, 0.5) is 0 Å². The maximum Gasteiger partial charge on any atom is 0.122 e. The molecule has 4 heteroatoms. The Morgan fingerprint density at radius 1 is 1.21 bits per heavy atom. The van der Waals surface area contributed by atoms with Crippen molar-refractivity contribution >= 4 is 39.1 Å². The number of para-hydroxylation sites is 1. The summed E-state index contributed by atoms with van der Waals surface area (Å²) in [6, 6.07) is 13.6. The van der Waals surface area contributed by atoms with E-state index in [1.54, 1.807) is 7.11 Å². The number of hydrogen-bond acceptors (Lipinski definition) is 1. The van der Waals surface area contributed by atoms with Gasteiger partial charge in [0, 0.05) is 9.50 Å². The van der Waals surface area contributed by atoms with E-state index in [4.69, 9.17) is 27.9 Å². The summed E-state index contributed by atoms with van der Waals surface area (Å²) in [7, 11) is 1.66. The molecule has 1 nitrogen and oxygen atoms in total. The van der Waals surface area contributed by atoms with Crippen molar-refractivity contribution in [2.45, 2.75) is 11.8 Å². The molecule has 1 atom stereocenters. The fraction of sp³-hybridized carbons (Fsp3) is 0.200. The SMILES string of the molecule is COc1ccccc1CC(Cl)c1cc(Br)ccc1Cl. The molecule has 2 aromatic rings. The second-order valence-corrected chi connectivity index (χ2v) is 6.00. The molecule has 100 valence electrons. The number of methoxy groups -OCH3 is 1. The number of hydrogen-bond donors (Lipinski definition) is 0. The molecule has 0 amide bonds. The van der Waals surface area contributed by atoms with E-state index < -0.39 is 0 Å². The predicted molar refractivity (Wildman–Crippen MR) is 84.4 cm³/mol. The minimum Gasteiger partial charge on any atom is -0.496 e. The van der Waals surface area contributed by atoms with Crippen LogP contribution >= 0.6 is 39.1 Å². The van der Waals surface area contributed by atoms with E-state index in [0.717, 1.165) is 21.3 Å². The van der Waals surface area contributed by atoms with Gasteiger partial charge in [0.05, 0.1) is 12.5 Å².